The molecule has 0 bridgehead atoms. The summed E-state index contributed by atoms with van der Waals surface area (Å²) in [6.45, 7) is 1.93. The first-order valence-electron chi connectivity index (χ1n) is 5.37. The standard InChI is InChI=1S/C12H13N5O/c1-8-5-6-14-11(7-8)16-12(18)9-3-2-4-10(15-9)17-13/h2-7H,13H2,1H3,(H,15,17)(H,14,16,18). The fourth-order valence-electron chi connectivity index (χ4n) is 1.43. The summed E-state index contributed by atoms with van der Waals surface area (Å²) in [7, 11) is 0. The van der Waals surface area contributed by atoms with Crippen LogP contribution in [0.15, 0.2) is 36.5 Å². The van der Waals surface area contributed by atoms with Crippen LogP contribution in [-0.2, 0) is 0 Å². The van der Waals surface area contributed by atoms with E-state index >= 15 is 0 Å². The fourth-order valence-corrected chi connectivity index (χ4v) is 1.43. The number of nitrogens with one attached hydrogen (secondary N) is 2. The minimum atomic E-state index is -0.329. The number of nitrogens with zero attached hydrogens (tertiary/aromatic N) is 2. The quantitative estimate of drug-likeness (QED) is 0.558. The Morgan fingerprint density at radius 3 is 2.83 bits per heavy atom. The van der Waals surface area contributed by atoms with Gasteiger partial charge in [-0.1, -0.05) is 6.07 Å². The van der Waals surface area contributed by atoms with E-state index < -0.39 is 0 Å². The lowest BCUT2D eigenvalue weighted by Gasteiger charge is -2.05. The second-order valence-corrected chi connectivity index (χ2v) is 3.72. The average Bonchev–Trinajstić information content (AvgIpc) is 2.39. The second-order valence-electron chi connectivity index (χ2n) is 3.72. The summed E-state index contributed by atoms with van der Waals surface area (Å²) in [4.78, 5) is 20.0. The first kappa shape index (κ1) is 12.0. The molecule has 1 amide bonds. The van der Waals surface area contributed by atoms with Gasteiger partial charge in [-0.3, -0.25) is 4.79 Å². The Morgan fingerprint density at radius 2 is 2.11 bits per heavy atom. The van der Waals surface area contributed by atoms with Crippen LogP contribution >= 0.6 is 0 Å². The van der Waals surface area contributed by atoms with E-state index in [1.54, 1.807) is 30.5 Å². The third-order valence-electron chi connectivity index (χ3n) is 2.29. The van der Waals surface area contributed by atoms with Gasteiger partial charge in [-0.2, -0.15) is 0 Å². The topological polar surface area (TPSA) is 92.9 Å². The van der Waals surface area contributed by atoms with Crippen LogP contribution in [0.5, 0.6) is 0 Å². The highest BCUT2D eigenvalue weighted by molar-refractivity contribution is 6.02. The number of carbonyl (C=O) groups is 1. The van der Waals surface area contributed by atoms with E-state index in [2.05, 4.69) is 20.7 Å². The van der Waals surface area contributed by atoms with Crippen LogP contribution in [0.3, 0.4) is 0 Å². The lowest BCUT2D eigenvalue weighted by Crippen LogP contribution is -2.16. The van der Waals surface area contributed by atoms with Gasteiger partial charge in [0.2, 0.25) is 0 Å². The first-order chi connectivity index (χ1) is 8.69. The molecule has 2 aromatic rings. The number of anilines is 2. The second kappa shape index (κ2) is 5.24. The maximum Gasteiger partial charge on any atom is 0.275 e. The normalized spacial score (nSPS) is 9.89. The zero-order chi connectivity index (χ0) is 13.0. The third-order valence-corrected chi connectivity index (χ3v) is 2.29. The van der Waals surface area contributed by atoms with E-state index in [-0.39, 0.29) is 11.6 Å². The molecule has 2 heterocycles. The summed E-state index contributed by atoms with van der Waals surface area (Å²) >= 11 is 0. The molecule has 0 fully saturated rings. The minimum Gasteiger partial charge on any atom is -0.308 e. The van der Waals surface area contributed by atoms with Gasteiger partial charge in [0.15, 0.2) is 0 Å². The van der Waals surface area contributed by atoms with Crippen molar-refractivity contribution in [1.29, 1.82) is 0 Å². The van der Waals surface area contributed by atoms with Crippen LogP contribution in [0.2, 0.25) is 0 Å². The Hall–Kier alpha value is -2.47. The van der Waals surface area contributed by atoms with Crippen molar-refractivity contribution in [2.45, 2.75) is 6.92 Å². The number of rotatable bonds is 3. The predicted molar refractivity (Wildman–Crippen MR) is 69.0 cm³/mol. The van der Waals surface area contributed by atoms with Gasteiger partial charge in [0.05, 0.1) is 0 Å². The number of hydrazine groups is 1. The average molecular weight is 243 g/mol. The van der Waals surface area contributed by atoms with Crippen LogP contribution in [-0.4, -0.2) is 15.9 Å². The van der Waals surface area contributed by atoms with Gasteiger partial charge in [0, 0.05) is 6.20 Å². The molecule has 18 heavy (non-hydrogen) atoms. The predicted octanol–water partition coefficient (Wildman–Crippen LogP) is 1.32. The zero-order valence-electron chi connectivity index (χ0n) is 9.84. The molecule has 92 valence electrons. The highest BCUT2D eigenvalue weighted by atomic mass is 16.1. The number of nitrogen functional groups attached to an aromatic ring is 1. The molecule has 2 rings (SSSR count). The van der Waals surface area contributed by atoms with E-state index in [9.17, 15) is 4.79 Å². The summed E-state index contributed by atoms with van der Waals surface area (Å²) in [6, 6.07) is 8.60. The van der Waals surface area contributed by atoms with Gasteiger partial charge in [-0.25, -0.2) is 15.8 Å². The van der Waals surface area contributed by atoms with Gasteiger partial charge < -0.3 is 10.7 Å². The van der Waals surface area contributed by atoms with Crippen molar-refractivity contribution in [3.8, 4) is 0 Å². The molecule has 0 saturated heterocycles. The molecule has 0 aliphatic rings. The molecule has 0 spiro atoms. The maximum atomic E-state index is 11.9. The van der Waals surface area contributed by atoms with Crippen LogP contribution in [0.1, 0.15) is 16.1 Å². The number of amides is 1. The Labute approximate surface area is 104 Å². The largest absolute Gasteiger partial charge is 0.308 e. The number of hydrogen-bond acceptors (Lipinski definition) is 5. The fraction of sp³-hybridized carbons (Fsp3) is 0.0833. The maximum absolute atomic E-state index is 11.9. The minimum absolute atomic E-state index is 0.272. The summed E-state index contributed by atoms with van der Waals surface area (Å²) in [5, 5.41) is 2.67. The van der Waals surface area contributed by atoms with Crippen molar-refractivity contribution in [2.75, 3.05) is 10.7 Å². The highest BCUT2D eigenvalue weighted by Crippen LogP contribution is 2.08. The molecule has 0 saturated carbocycles. The number of nitrogens with two attached hydrogens (primary N) is 1. The van der Waals surface area contributed by atoms with E-state index in [1.807, 2.05) is 13.0 Å². The Morgan fingerprint density at radius 1 is 1.28 bits per heavy atom. The summed E-state index contributed by atoms with van der Waals surface area (Å²) in [5.41, 5.74) is 3.68. The Balaban J connectivity index is 2.16. The lowest BCUT2D eigenvalue weighted by molar-refractivity contribution is 0.102. The molecule has 0 radical (unpaired) electrons. The molecule has 0 aromatic carbocycles. The smallest absolute Gasteiger partial charge is 0.275 e. The van der Waals surface area contributed by atoms with Crippen molar-refractivity contribution >= 4 is 17.5 Å². The molecule has 0 atom stereocenters. The number of aryl methyl sites for hydroxylation is 1. The number of pyridine rings is 2. The van der Waals surface area contributed by atoms with Crippen LogP contribution in [0.4, 0.5) is 11.6 Å². The summed E-state index contributed by atoms with van der Waals surface area (Å²) < 4.78 is 0. The van der Waals surface area contributed by atoms with Crippen molar-refractivity contribution in [1.82, 2.24) is 9.97 Å². The molecule has 2 aromatic heterocycles. The number of hydrogen-bond donors (Lipinski definition) is 3. The molecule has 0 aliphatic carbocycles. The van der Waals surface area contributed by atoms with Gasteiger partial charge in [-0.15, -0.1) is 0 Å². The van der Waals surface area contributed by atoms with Crippen molar-refractivity contribution < 1.29 is 4.79 Å². The van der Waals surface area contributed by atoms with Gasteiger partial charge in [0.1, 0.15) is 17.3 Å². The van der Waals surface area contributed by atoms with Crippen molar-refractivity contribution in [2.24, 2.45) is 5.84 Å². The lowest BCUT2D eigenvalue weighted by atomic mass is 10.3. The third kappa shape index (κ3) is 2.80. The van der Waals surface area contributed by atoms with Gasteiger partial charge in [-0.05, 0) is 36.8 Å². The summed E-state index contributed by atoms with van der Waals surface area (Å²) in [5.74, 6) is 5.83. The van der Waals surface area contributed by atoms with Crippen molar-refractivity contribution in [3.05, 3.63) is 47.8 Å². The molecular weight excluding hydrogens is 230 g/mol. The molecular formula is C12H13N5O. The number of carbonyl (C=O) groups excluding carboxylic acids is 1. The first-order valence-corrected chi connectivity index (χ1v) is 5.37. The molecule has 0 aliphatic heterocycles. The number of aromatic nitrogens is 2. The molecule has 4 N–H and O–H groups in total. The highest BCUT2D eigenvalue weighted by Gasteiger charge is 2.08. The van der Waals surface area contributed by atoms with Crippen molar-refractivity contribution in [3.63, 3.8) is 0 Å². The van der Waals surface area contributed by atoms with E-state index in [4.69, 9.17) is 5.84 Å². The van der Waals surface area contributed by atoms with Crippen LogP contribution in [0.25, 0.3) is 0 Å². The molecule has 6 heteroatoms. The monoisotopic (exact) mass is 243 g/mol. The Kier molecular flexibility index (Phi) is 3.49. The van der Waals surface area contributed by atoms with Crippen LogP contribution < -0.4 is 16.6 Å². The van der Waals surface area contributed by atoms with E-state index in [0.29, 0.717) is 11.6 Å². The van der Waals surface area contributed by atoms with Crippen LogP contribution in [0, 0.1) is 6.92 Å². The molecule has 0 unspecified atom stereocenters. The summed E-state index contributed by atoms with van der Waals surface area (Å²) in [6.07, 6.45) is 1.64. The van der Waals surface area contributed by atoms with E-state index in [0.717, 1.165) is 5.56 Å². The van der Waals surface area contributed by atoms with Gasteiger partial charge in [0.25, 0.3) is 5.91 Å². The van der Waals surface area contributed by atoms with Gasteiger partial charge >= 0.3 is 0 Å². The van der Waals surface area contributed by atoms with E-state index in [1.165, 1.54) is 0 Å². The SMILES string of the molecule is Cc1ccnc(NC(=O)c2cccc(NN)n2)c1. The zero-order valence-corrected chi connectivity index (χ0v) is 9.84. The Bertz CT molecular complexity index is 570. The molecule has 6 nitrogen and oxygen atoms in total.